The number of rotatable bonds is 6. The average molecular weight is 304 g/mol. The quantitative estimate of drug-likeness (QED) is 0.582. The molecule has 0 fully saturated rings. The molecule has 0 saturated heterocycles. The van der Waals surface area contributed by atoms with Crippen molar-refractivity contribution in [1.29, 1.82) is 0 Å². The normalized spacial score (nSPS) is 12.2. The number of sulfonamides is 1. The van der Waals surface area contributed by atoms with Crippen LogP contribution in [0.15, 0.2) is 11.2 Å². The van der Waals surface area contributed by atoms with E-state index in [1.807, 2.05) is 0 Å². The first-order chi connectivity index (χ1) is 9.12. The summed E-state index contributed by atoms with van der Waals surface area (Å²) in [4.78, 5) is 22.8. The van der Waals surface area contributed by atoms with Crippen LogP contribution >= 0.6 is 0 Å². The van der Waals surface area contributed by atoms with Crippen molar-refractivity contribution in [3.8, 4) is 0 Å². The maximum atomic E-state index is 12.1. The van der Waals surface area contributed by atoms with E-state index in [1.165, 1.54) is 13.8 Å². The molecular formula is C10H16N4O5S. The average Bonchev–Trinajstić information content (AvgIpc) is 2.77. The standard InChI is InChI=1S/C10H16N4O5S/c1-4-19-8(15)6-5-12-13-7(6)20(17,18)14-10(2,3)9(11)16/h5,14H,4H2,1-3H3,(H2,11,16)(H,12,13). The monoisotopic (exact) mass is 304 g/mol. The Kier molecular flexibility index (Phi) is 4.50. The molecule has 0 spiro atoms. The summed E-state index contributed by atoms with van der Waals surface area (Å²) in [5.74, 6) is -1.70. The molecule has 10 heteroatoms. The van der Waals surface area contributed by atoms with Crippen molar-refractivity contribution in [2.45, 2.75) is 31.3 Å². The van der Waals surface area contributed by atoms with Crippen LogP contribution in [-0.2, 0) is 19.6 Å². The Hall–Kier alpha value is -1.94. The number of amides is 1. The van der Waals surface area contributed by atoms with Gasteiger partial charge in [0.05, 0.1) is 12.8 Å². The first-order valence-corrected chi connectivity index (χ1v) is 7.14. The number of esters is 1. The summed E-state index contributed by atoms with van der Waals surface area (Å²) in [6.45, 7) is 4.27. The van der Waals surface area contributed by atoms with Gasteiger partial charge in [0, 0.05) is 0 Å². The zero-order valence-electron chi connectivity index (χ0n) is 11.3. The highest BCUT2D eigenvalue weighted by Crippen LogP contribution is 2.16. The SMILES string of the molecule is CCOC(=O)c1cn[nH]c1S(=O)(=O)NC(C)(C)C(N)=O. The first-order valence-electron chi connectivity index (χ1n) is 5.66. The Labute approximate surface area is 115 Å². The van der Waals surface area contributed by atoms with E-state index < -0.39 is 32.5 Å². The first kappa shape index (κ1) is 16.1. The second-order valence-electron chi connectivity index (χ2n) is 4.43. The second kappa shape index (κ2) is 5.59. The lowest BCUT2D eigenvalue weighted by Gasteiger charge is -2.21. The molecule has 0 bridgehead atoms. The third kappa shape index (κ3) is 3.33. The van der Waals surface area contributed by atoms with Gasteiger partial charge < -0.3 is 10.5 Å². The summed E-state index contributed by atoms with van der Waals surface area (Å²) in [6, 6.07) is 0. The lowest BCUT2D eigenvalue weighted by atomic mass is 10.1. The van der Waals surface area contributed by atoms with Crippen LogP contribution in [0, 0.1) is 0 Å². The Morgan fingerprint density at radius 3 is 2.60 bits per heavy atom. The zero-order chi connectivity index (χ0) is 15.6. The van der Waals surface area contributed by atoms with Gasteiger partial charge in [-0.15, -0.1) is 0 Å². The van der Waals surface area contributed by atoms with Crippen LogP contribution in [0.3, 0.4) is 0 Å². The number of aromatic nitrogens is 2. The molecular weight excluding hydrogens is 288 g/mol. The third-order valence-electron chi connectivity index (χ3n) is 2.37. The van der Waals surface area contributed by atoms with Crippen LogP contribution in [0.2, 0.25) is 0 Å². The van der Waals surface area contributed by atoms with Crippen molar-refractivity contribution < 1.29 is 22.7 Å². The molecule has 0 saturated carbocycles. The molecule has 9 nitrogen and oxygen atoms in total. The maximum absolute atomic E-state index is 12.1. The van der Waals surface area contributed by atoms with Crippen LogP contribution in [0.4, 0.5) is 0 Å². The van der Waals surface area contributed by atoms with Crippen LogP contribution < -0.4 is 10.5 Å². The maximum Gasteiger partial charge on any atom is 0.342 e. The molecule has 0 aliphatic carbocycles. The van der Waals surface area contributed by atoms with Crippen LogP contribution in [0.25, 0.3) is 0 Å². The third-order valence-corrected chi connectivity index (χ3v) is 4.00. The number of carbonyl (C=O) groups excluding carboxylic acids is 2. The number of aromatic amines is 1. The summed E-state index contributed by atoms with van der Waals surface area (Å²) >= 11 is 0. The molecule has 1 aromatic rings. The summed E-state index contributed by atoms with van der Waals surface area (Å²) in [6.07, 6.45) is 1.03. The molecule has 0 aliphatic rings. The van der Waals surface area contributed by atoms with Gasteiger partial charge in [0.1, 0.15) is 11.1 Å². The number of nitrogens with zero attached hydrogens (tertiary/aromatic N) is 1. The van der Waals surface area contributed by atoms with E-state index in [9.17, 15) is 18.0 Å². The molecule has 0 radical (unpaired) electrons. The van der Waals surface area contributed by atoms with Gasteiger partial charge >= 0.3 is 5.97 Å². The predicted octanol–water partition coefficient (Wildman–Crippen LogP) is -0.871. The van der Waals surface area contributed by atoms with Crippen molar-refractivity contribution in [1.82, 2.24) is 14.9 Å². The highest BCUT2D eigenvalue weighted by molar-refractivity contribution is 7.89. The highest BCUT2D eigenvalue weighted by Gasteiger charge is 2.34. The molecule has 1 aromatic heterocycles. The fourth-order valence-electron chi connectivity index (χ4n) is 1.27. The highest BCUT2D eigenvalue weighted by atomic mass is 32.2. The number of hydrogen-bond donors (Lipinski definition) is 3. The van der Waals surface area contributed by atoms with Gasteiger partial charge in [-0.1, -0.05) is 0 Å². The van der Waals surface area contributed by atoms with Crippen LogP contribution in [0.1, 0.15) is 31.1 Å². The summed E-state index contributed by atoms with van der Waals surface area (Å²) in [7, 11) is -4.18. The Bertz CT molecular complexity index is 619. The van der Waals surface area contributed by atoms with Crippen molar-refractivity contribution in [3.05, 3.63) is 11.8 Å². The van der Waals surface area contributed by atoms with Crippen LogP contribution in [-0.4, -0.2) is 42.6 Å². The van der Waals surface area contributed by atoms with E-state index in [0.29, 0.717) is 0 Å². The van der Waals surface area contributed by atoms with Crippen molar-refractivity contribution in [3.63, 3.8) is 0 Å². The molecule has 0 atom stereocenters. The van der Waals surface area contributed by atoms with E-state index in [2.05, 4.69) is 14.9 Å². The van der Waals surface area contributed by atoms with Crippen molar-refractivity contribution in [2.24, 2.45) is 5.73 Å². The summed E-state index contributed by atoms with van der Waals surface area (Å²) in [5.41, 5.74) is 3.32. The smallest absolute Gasteiger partial charge is 0.342 e. The number of nitrogens with two attached hydrogens (primary N) is 1. The largest absolute Gasteiger partial charge is 0.462 e. The molecule has 1 heterocycles. The van der Waals surface area contributed by atoms with Gasteiger partial charge in [-0.25, -0.2) is 13.2 Å². The Balaban J connectivity index is 3.15. The van der Waals surface area contributed by atoms with Gasteiger partial charge in [-0.2, -0.15) is 9.82 Å². The van der Waals surface area contributed by atoms with Gasteiger partial charge in [-0.3, -0.25) is 9.89 Å². The number of hydrogen-bond acceptors (Lipinski definition) is 6. The molecule has 0 unspecified atom stereocenters. The van der Waals surface area contributed by atoms with E-state index in [0.717, 1.165) is 6.20 Å². The minimum Gasteiger partial charge on any atom is -0.462 e. The van der Waals surface area contributed by atoms with Crippen molar-refractivity contribution >= 4 is 21.9 Å². The zero-order valence-corrected chi connectivity index (χ0v) is 12.1. The van der Waals surface area contributed by atoms with E-state index in [4.69, 9.17) is 10.5 Å². The lowest BCUT2D eigenvalue weighted by Crippen LogP contribution is -2.53. The molecule has 0 aromatic carbocycles. The number of ether oxygens (including phenoxy) is 1. The van der Waals surface area contributed by atoms with E-state index in [1.54, 1.807) is 6.92 Å². The van der Waals surface area contributed by atoms with Crippen LogP contribution in [0.5, 0.6) is 0 Å². The fraction of sp³-hybridized carbons (Fsp3) is 0.500. The fourth-order valence-corrected chi connectivity index (χ4v) is 2.74. The molecule has 112 valence electrons. The second-order valence-corrected chi connectivity index (χ2v) is 6.05. The molecule has 0 aliphatic heterocycles. The number of primary amides is 1. The molecule has 1 amide bonds. The predicted molar refractivity (Wildman–Crippen MR) is 68.1 cm³/mol. The lowest BCUT2D eigenvalue weighted by molar-refractivity contribution is -0.122. The topological polar surface area (TPSA) is 144 Å². The van der Waals surface area contributed by atoms with Gasteiger partial charge in [0.25, 0.3) is 10.0 Å². The van der Waals surface area contributed by atoms with E-state index >= 15 is 0 Å². The van der Waals surface area contributed by atoms with Gasteiger partial charge in [0.15, 0.2) is 5.03 Å². The summed E-state index contributed by atoms with van der Waals surface area (Å²) < 4.78 is 31.1. The van der Waals surface area contributed by atoms with Crippen molar-refractivity contribution in [2.75, 3.05) is 6.61 Å². The Morgan fingerprint density at radius 2 is 2.10 bits per heavy atom. The Morgan fingerprint density at radius 1 is 1.50 bits per heavy atom. The number of H-pyrrole nitrogens is 1. The van der Waals surface area contributed by atoms with Gasteiger partial charge in [-0.05, 0) is 20.8 Å². The molecule has 1 rings (SSSR count). The minimum atomic E-state index is -4.18. The van der Waals surface area contributed by atoms with E-state index in [-0.39, 0.29) is 12.2 Å². The van der Waals surface area contributed by atoms with Gasteiger partial charge in [0.2, 0.25) is 5.91 Å². The minimum absolute atomic E-state index is 0.0870. The summed E-state index contributed by atoms with van der Waals surface area (Å²) in [5, 5.41) is 5.22. The molecule has 20 heavy (non-hydrogen) atoms. The number of carbonyl (C=O) groups is 2. The number of nitrogens with one attached hydrogen (secondary N) is 2. The molecule has 4 N–H and O–H groups in total.